The molecule has 0 aliphatic heterocycles. The van der Waals surface area contributed by atoms with E-state index in [0.29, 0.717) is 0 Å². The van der Waals surface area contributed by atoms with Gasteiger partial charge in [0, 0.05) is 0 Å². The number of para-hydroxylation sites is 1. The van der Waals surface area contributed by atoms with Crippen LogP contribution in [-0.2, 0) is 14.8 Å². The molecule has 2 N–H and O–H groups in total. The molecule has 2 aromatic rings. The van der Waals surface area contributed by atoms with Crippen LogP contribution in [0.25, 0.3) is 0 Å². The van der Waals surface area contributed by atoms with Crippen LogP contribution < -0.4 is 10.0 Å². The number of benzene rings is 2. The van der Waals surface area contributed by atoms with E-state index in [1.807, 2.05) is 20.8 Å². The summed E-state index contributed by atoms with van der Waals surface area (Å²) >= 11 is 0. The first kappa shape index (κ1) is 20.1. The Morgan fingerprint density at radius 1 is 1.08 bits per heavy atom. The van der Waals surface area contributed by atoms with Gasteiger partial charge < -0.3 is 5.32 Å². The Bertz CT molecular complexity index is 865. The van der Waals surface area contributed by atoms with Gasteiger partial charge in [0.2, 0.25) is 15.9 Å². The number of aryl methyl sites for hydroxylation is 1. The molecule has 26 heavy (non-hydrogen) atoms. The maximum absolute atomic E-state index is 13.8. The first-order chi connectivity index (χ1) is 12.2. The minimum absolute atomic E-state index is 0.0146. The van der Waals surface area contributed by atoms with Gasteiger partial charge in [-0.2, -0.15) is 4.72 Å². The lowest BCUT2D eigenvalue weighted by Crippen LogP contribution is -2.44. The summed E-state index contributed by atoms with van der Waals surface area (Å²) in [5, 5.41) is 2.46. The maximum Gasteiger partial charge on any atom is 0.242 e. The van der Waals surface area contributed by atoms with Crippen molar-refractivity contribution in [2.45, 2.75) is 38.1 Å². The number of carbonyl (C=O) groups is 1. The van der Waals surface area contributed by atoms with Crippen LogP contribution in [0.1, 0.15) is 25.8 Å². The van der Waals surface area contributed by atoms with Crippen LogP contribution >= 0.6 is 0 Å². The van der Waals surface area contributed by atoms with Gasteiger partial charge in [-0.05, 0) is 43.5 Å². The zero-order chi connectivity index (χ0) is 19.3. The van der Waals surface area contributed by atoms with Gasteiger partial charge in [0.25, 0.3) is 0 Å². The van der Waals surface area contributed by atoms with Crippen LogP contribution in [0.15, 0.2) is 53.4 Å². The molecule has 0 aliphatic rings. The Hall–Kier alpha value is -2.25. The molecule has 0 heterocycles. The standard InChI is InChI=1S/C19H23FN2O3S/c1-13(2)12-18(19(23)21-17-7-5-4-6-16(17)20)22-26(24,25)15-10-8-14(3)9-11-15/h4-11,13,18,22H,12H2,1-3H3,(H,21,23)/t18-/m0/s1. The van der Waals surface area contributed by atoms with Crippen LogP contribution in [0.3, 0.4) is 0 Å². The Morgan fingerprint density at radius 3 is 2.27 bits per heavy atom. The molecule has 2 aromatic carbocycles. The monoisotopic (exact) mass is 378 g/mol. The summed E-state index contributed by atoms with van der Waals surface area (Å²) in [5.74, 6) is -1.11. The predicted octanol–water partition coefficient (Wildman–Crippen LogP) is 3.47. The zero-order valence-electron chi connectivity index (χ0n) is 15.0. The van der Waals surface area contributed by atoms with Gasteiger partial charge in [-0.25, -0.2) is 12.8 Å². The molecular formula is C19H23FN2O3S. The third-order valence-electron chi connectivity index (χ3n) is 3.78. The number of hydrogen-bond acceptors (Lipinski definition) is 3. The molecule has 0 spiro atoms. The second-order valence-electron chi connectivity index (χ2n) is 6.59. The van der Waals surface area contributed by atoms with Crippen molar-refractivity contribution in [3.63, 3.8) is 0 Å². The first-order valence-corrected chi connectivity index (χ1v) is 9.82. The number of hydrogen-bond donors (Lipinski definition) is 2. The normalized spacial score (nSPS) is 12.8. The molecule has 0 saturated carbocycles. The summed E-state index contributed by atoms with van der Waals surface area (Å²) in [6, 6.07) is 11.1. The van der Waals surface area contributed by atoms with Gasteiger partial charge in [0.1, 0.15) is 11.9 Å². The zero-order valence-corrected chi connectivity index (χ0v) is 15.8. The second kappa shape index (κ2) is 8.42. The summed E-state index contributed by atoms with van der Waals surface area (Å²) < 4.78 is 41.4. The van der Waals surface area contributed by atoms with Gasteiger partial charge in [-0.1, -0.05) is 43.7 Å². The van der Waals surface area contributed by atoms with E-state index in [0.717, 1.165) is 5.56 Å². The lowest BCUT2D eigenvalue weighted by molar-refractivity contribution is -0.118. The Kier molecular flexibility index (Phi) is 6.50. The van der Waals surface area contributed by atoms with Crippen molar-refractivity contribution < 1.29 is 17.6 Å². The minimum Gasteiger partial charge on any atom is -0.322 e. The molecule has 0 bridgehead atoms. The van der Waals surface area contributed by atoms with Crippen LogP contribution in [0, 0.1) is 18.7 Å². The molecule has 0 unspecified atom stereocenters. The van der Waals surface area contributed by atoms with Gasteiger partial charge >= 0.3 is 0 Å². The molecule has 7 heteroatoms. The first-order valence-electron chi connectivity index (χ1n) is 8.33. The number of amides is 1. The highest BCUT2D eigenvalue weighted by Crippen LogP contribution is 2.17. The lowest BCUT2D eigenvalue weighted by atomic mass is 10.0. The van der Waals surface area contributed by atoms with Crippen molar-refractivity contribution in [3.05, 3.63) is 59.9 Å². The highest BCUT2D eigenvalue weighted by atomic mass is 32.2. The Morgan fingerprint density at radius 2 is 1.69 bits per heavy atom. The molecule has 5 nitrogen and oxygen atoms in total. The largest absolute Gasteiger partial charge is 0.322 e. The van der Waals surface area contributed by atoms with Crippen molar-refractivity contribution in [1.82, 2.24) is 4.72 Å². The number of anilines is 1. The molecular weight excluding hydrogens is 355 g/mol. The highest BCUT2D eigenvalue weighted by Gasteiger charge is 2.27. The van der Waals surface area contributed by atoms with Gasteiger partial charge in [0.15, 0.2) is 0 Å². The van der Waals surface area contributed by atoms with Crippen molar-refractivity contribution in [2.75, 3.05) is 5.32 Å². The molecule has 2 rings (SSSR count). The third-order valence-corrected chi connectivity index (χ3v) is 5.27. The van der Waals surface area contributed by atoms with Crippen molar-refractivity contribution in [3.8, 4) is 0 Å². The fraction of sp³-hybridized carbons (Fsp3) is 0.316. The molecule has 1 amide bonds. The second-order valence-corrected chi connectivity index (χ2v) is 8.30. The topological polar surface area (TPSA) is 75.3 Å². The fourth-order valence-corrected chi connectivity index (χ4v) is 3.64. The average Bonchev–Trinajstić information content (AvgIpc) is 2.56. The number of halogens is 1. The molecule has 0 aliphatic carbocycles. The van der Waals surface area contributed by atoms with E-state index in [2.05, 4.69) is 10.0 Å². The van der Waals surface area contributed by atoms with Crippen molar-refractivity contribution in [1.29, 1.82) is 0 Å². The number of sulfonamides is 1. The Balaban J connectivity index is 2.22. The van der Waals surface area contributed by atoms with E-state index in [1.54, 1.807) is 18.2 Å². The molecule has 0 radical (unpaired) electrons. The summed E-state index contributed by atoms with van der Waals surface area (Å²) in [6.07, 6.45) is 0.283. The van der Waals surface area contributed by atoms with E-state index in [9.17, 15) is 17.6 Å². The minimum atomic E-state index is -3.87. The summed E-state index contributed by atoms with van der Waals surface area (Å²) in [5.41, 5.74) is 0.945. The van der Waals surface area contributed by atoms with Crippen LogP contribution in [-0.4, -0.2) is 20.4 Å². The number of carbonyl (C=O) groups excluding carboxylic acids is 1. The quantitative estimate of drug-likeness (QED) is 0.775. The summed E-state index contributed by atoms with van der Waals surface area (Å²) in [6.45, 7) is 5.61. The van der Waals surface area contributed by atoms with E-state index >= 15 is 0 Å². The van der Waals surface area contributed by atoms with Gasteiger partial charge in [-0.3, -0.25) is 4.79 Å². The van der Waals surface area contributed by atoms with Gasteiger partial charge in [0.05, 0.1) is 10.6 Å². The highest BCUT2D eigenvalue weighted by molar-refractivity contribution is 7.89. The summed E-state index contributed by atoms with van der Waals surface area (Å²) in [4.78, 5) is 12.6. The average molecular weight is 378 g/mol. The molecule has 0 fully saturated rings. The molecule has 0 aromatic heterocycles. The maximum atomic E-state index is 13.8. The van der Waals surface area contributed by atoms with Crippen LogP contribution in [0.2, 0.25) is 0 Å². The molecule has 140 valence electrons. The van der Waals surface area contributed by atoms with Crippen molar-refractivity contribution in [2.24, 2.45) is 5.92 Å². The van der Waals surface area contributed by atoms with Crippen LogP contribution in [0.5, 0.6) is 0 Å². The smallest absolute Gasteiger partial charge is 0.242 e. The van der Waals surface area contributed by atoms with Gasteiger partial charge in [-0.15, -0.1) is 0 Å². The van der Waals surface area contributed by atoms with Crippen LogP contribution in [0.4, 0.5) is 10.1 Å². The molecule has 0 saturated heterocycles. The van der Waals surface area contributed by atoms with E-state index in [-0.39, 0.29) is 22.9 Å². The fourth-order valence-electron chi connectivity index (χ4n) is 2.44. The number of nitrogens with one attached hydrogen (secondary N) is 2. The SMILES string of the molecule is Cc1ccc(S(=O)(=O)N[C@@H](CC(C)C)C(=O)Nc2ccccc2F)cc1. The Labute approximate surface area is 153 Å². The van der Waals surface area contributed by atoms with E-state index in [4.69, 9.17) is 0 Å². The van der Waals surface area contributed by atoms with Crippen molar-refractivity contribution >= 4 is 21.6 Å². The summed E-state index contributed by atoms with van der Waals surface area (Å²) in [7, 11) is -3.87. The van der Waals surface area contributed by atoms with E-state index in [1.165, 1.54) is 30.3 Å². The lowest BCUT2D eigenvalue weighted by Gasteiger charge is -2.20. The number of rotatable bonds is 7. The van der Waals surface area contributed by atoms with E-state index < -0.39 is 27.8 Å². The molecule has 1 atom stereocenters. The third kappa shape index (κ3) is 5.37. The predicted molar refractivity (Wildman–Crippen MR) is 99.8 cm³/mol.